The normalized spacial score (nSPS) is 12.6. The monoisotopic (exact) mass is 238 g/mol. The van der Waals surface area contributed by atoms with Crippen molar-refractivity contribution in [2.75, 3.05) is 19.0 Å². The fourth-order valence-electron chi connectivity index (χ4n) is 1.63. The van der Waals surface area contributed by atoms with Gasteiger partial charge in [0.15, 0.2) is 0 Å². The minimum Gasteiger partial charge on any atom is -0.481 e. The predicted molar refractivity (Wildman–Crippen MR) is 69.2 cm³/mol. The van der Waals surface area contributed by atoms with Crippen molar-refractivity contribution in [3.05, 3.63) is 11.8 Å². The summed E-state index contributed by atoms with van der Waals surface area (Å²) in [6, 6.07) is 2.09. The number of hydrogen-bond acceptors (Lipinski definition) is 5. The molecule has 0 amide bonds. The van der Waals surface area contributed by atoms with Gasteiger partial charge in [-0.25, -0.2) is 4.98 Å². The molecule has 0 spiro atoms. The molecule has 1 aromatic heterocycles. The lowest BCUT2D eigenvalue weighted by molar-refractivity contribution is 0.396. The highest BCUT2D eigenvalue weighted by atomic mass is 16.5. The van der Waals surface area contributed by atoms with Gasteiger partial charge in [-0.05, 0) is 25.8 Å². The highest BCUT2D eigenvalue weighted by Gasteiger charge is 2.14. The van der Waals surface area contributed by atoms with Crippen LogP contribution >= 0.6 is 0 Å². The summed E-state index contributed by atoms with van der Waals surface area (Å²) in [7, 11) is 1.60. The first kappa shape index (κ1) is 13.7. The number of nitrogens with two attached hydrogens (primary N) is 1. The van der Waals surface area contributed by atoms with Crippen LogP contribution in [0.5, 0.6) is 5.88 Å². The van der Waals surface area contributed by atoms with Crippen molar-refractivity contribution in [3.63, 3.8) is 0 Å². The maximum absolute atomic E-state index is 5.60. The maximum Gasteiger partial charge on any atom is 0.226 e. The quantitative estimate of drug-likeness (QED) is 0.787. The fraction of sp³-hybridized carbons (Fsp3) is 0.667. The van der Waals surface area contributed by atoms with E-state index in [-0.39, 0.29) is 6.04 Å². The lowest BCUT2D eigenvalue weighted by Gasteiger charge is -2.21. The molecule has 1 rings (SSSR count). The molecule has 0 aliphatic carbocycles. The summed E-state index contributed by atoms with van der Waals surface area (Å²) in [5.41, 5.74) is 6.49. The maximum atomic E-state index is 5.60. The summed E-state index contributed by atoms with van der Waals surface area (Å²) in [5, 5.41) is 3.31. The SMILES string of the molecule is COc1cc(C)nc(NC(CCN)C(C)C)n1. The molecule has 0 saturated carbocycles. The van der Waals surface area contributed by atoms with Gasteiger partial charge in [0.1, 0.15) is 0 Å². The number of methoxy groups -OCH3 is 1. The van der Waals surface area contributed by atoms with Gasteiger partial charge in [0, 0.05) is 17.8 Å². The largest absolute Gasteiger partial charge is 0.481 e. The summed E-state index contributed by atoms with van der Waals surface area (Å²) in [4.78, 5) is 8.61. The van der Waals surface area contributed by atoms with Crippen LogP contribution in [0.3, 0.4) is 0 Å². The van der Waals surface area contributed by atoms with Crippen LogP contribution in [0.2, 0.25) is 0 Å². The third-order valence-corrected chi connectivity index (χ3v) is 2.64. The van der Waals surface area contributed by atoms with E-state index < -0.39 is 0 Å². The van der Waals surface area contributed by atoms with E-state index in [9.17, 15) is 0 Å². The second-order valence-corrected chi connectivity index (χ2v) is 4.45. The van der Waals surface area contributed by atoms with Crippen LogP contribution in [0.4, 0.5) is 5.95 Å². The minimum atomic E-state index is 0.284. The number of rotatable bonds is 6. The van der Waals surface area contributed by atoms with Crippen molar-refractivity contribution >= 4 is 5.95 Å². The number of ether oxygens (including phenoxy) is 1. The van der Waals surface area contributed by atoms with Gasteiger partial charge in [-0.15, -0.1) is 0 Å². The Balaban J connectivity index is 2.81. The summed E-state index contributed by atoms with van der Waals surface area (Å²) in [6.07, 6.45) is 0.900. The second-order valence-electron chi connectivity index (χ2n) is 4.45. The average molecular weight is 238 g/mol. The van der Waals surface area contributed by atoms with Crippen molar-refractivity contribution in [2.24, 2.45) is 11.7 Å². The molecule has 1 atom stereocenters. The molecule has 5 nitrogen and oxygen atoms in total. The summed E-state index contributed by atoms with van der Waals surface area (Å²) in [5.74, 6) is 1.66. The Bertz CT molecular complexity index is 354. The molecule has 0 aliphatic heterocycles. The van der Waals surface area contributed by atoms with E-state index >= 15 is 0 Å². The molecule has 0 radical (unpaired) electrons. The van der Waals surface area contributed by atoms with E-state index in [0.717, 1.165) is 12.1 Å². The highest BCUT2D eigenvalue weighted by molar-refractivity contribution is 5.31. The van der Waals surface area contributed by atoms with E-state index in [1.165, 1.54) is 0 Å². The van der Waals surface area contributed by atoms with Crippen molar-refractivity contribution in [1.82, 2.24) is 9.97 Å². The Morgan fingerprint density at radius 3 is 2.65 bits per heavy atom. The van der Waals surface area contributed by atoms with Gasteiger partial charge in [0.2, 0.25) is 11.8 Å². The second kappa shape index (κ2) is 6.39. The molecule has 1 heterocycles. The van der Waals surface area contributed by atoms with Crippen molar-refractivity contribution in [3.8, 4) is 5.88 Å². The first-order valence-corrected chi connectivity index (χ1v) is 5.93. The van der Waals surface area contributed by atoms with Crippen LogP contribution in [0.15, 0.2) is 6.07 Å². The zero-order chi connectivity index (χ0) is 12.8. The predicted octanol–water partition coefficient (Wildman–Crippen LogP) is 1.58. The number of aromatic nitrogens is 2. The molecule has 0 aliphatic rings. The van der Waals surface area contributed by atoms with Gasteiger partial charge >= 0.3 is 0 Å². The molecule has 1 unspecified atom stereocenters. The topological polar surface area (TPSA) is 73.1 Å². The smallest absolute Gasteiger partial charge is 0.226 e. The zero-order valence-corrected chi connectivity index (χ0v) is 11.0. The van der Waals surface area contributed by atoms with Crippen molar-refractivity contribution < 1.29 is 4.74 Å². The molecule has 0 aromatic carbocycles. The minimum absolute atomic E-state index is 0.284. The zero-order valence-electron chi connectivity index (χ0n) is 11.0. The van der Waals surface area contributed by atoms with Gasteiger partial charge in [0.25, 0.3) is 0 Å². The molecule has 3 N–H and O–H groups in total. The van der Waals surface area contributed by atoms with Crippen LogP contribution < -0.4 is 15.8 Å². The number of anilines is 1. The van der Waals surface area contributed by atoms with Crippen LogP contribution in [-0.2, 0) is 0 Å². The van der Waals surface area contributed by atoms with Gasteiger partial charge < -0.3 is 15.8 Å². The molecule has 0 bridgehead atoms. The Labute approximate surface area is 103 Å². The van der Waals surface area contributed by atoms with Gasteiger partial charge in [-0.2, -0.15) is 4.98 Å². The molecule has 0 saturated heterocycles. The summed E-state index contributed by atoms with van der Waals surface area (Å²) < 4.78 is 5.12. The van der Waals surface area contributed by atoms with Crippen LogP contribution in [0, 0.1) is 12.8 Å². The number of nitrogens with one attached hydrogen (secondary N) is 1. The molecule has 96 valence electrons. The lowest BCUT2D eigenvalue weighted by atomic mass is 10.0. The van der Waals surface area contributed by atoms with Crippen molar-refractivity contribution in [1.29, 1.82) is 0 Å². The summed E-state index contributed by atoms with van der Waals surface area (Å²) >= 11 is 0. The summed E-state index contributed by atoms with van der Waals surface area (Å²) in [6.45, 7) is 6.88. The molecule has 0 fully saturated rings. The van der Waals surface area contributed by atoms with Crippen LogP contribution in [0.1, 0.15) is 26.0 Å². The Kier molecular flexibility index (Phi) is 5.15. The molecule has 1 aromatic rings. The fourth-order valence-corrected chi connectivity index (χ4v) is 1.63. The Morgan fingerprint density at radius 2 is 2.12 bits per heavy atom. The van der Waals surface area contributed by atoms with E-state index in [2.05, 4.69) is 29.1 Å². The van der Waals surface area contributed by atoms with Crippen molar-refractivity contribution in [2.45, 2.75) is 33.2 Å². The number of aryl methyl sites for hydroxylation is 1. The molecule has 17 heavy (non-hydrogen) atoms. The van der Waals surface area contributed by atoms with E-state index in [4.69, 9.17) is 10.5 Å². The van der Waals surface area contributed by atoms with Crippen LogP contribution in [0.25, 0.3) is 0 Å². The number of hydrogen-bond donors (Lipinski definition) is 2. The lowest BCUT2D eigenvalue weighted by Crippen LogP contribution is -2.29. The van der Waals surface area contributed by atoms with Gasteiger partial charge in [-0.1, -0.05) is 13.8 Å². The standard InChI is InChI=1S/C12H22N4O/c1-8(2)10(5-6-13)15-12-14-9(3)7-11(16-12)17-4/h7-8,10H,5-6,13H2,1-4H3,(H,14,15,16). The number of nitrogens with zero attached hydrogens (tertiary/aromatic N) is 2. The third kappa shape index (κ3) is 4.19. The molecular formula is C12H22N4O. The Hall–Kier alpha value is -1.36. The first-order valence-electron chi connectivity index (χ1n) is 5.93. The van der Waals surface area contributed by atoms with E-state index in [1.54, 1.807) is 13.2 Å². The van der Waals surface area contributed by atoms with Gasteiger partial charge in [0.05, 0.1) is 7.11 Å². The highest BCUT2D eigenvalue weighted by Crippen LogP contribution is 2.15. The van der Waals surface area contributed by atoms with E-state index in [1.807, 2.05) is 6.92 Å². The molecular weight excluding hydrogens is 216 g/mol. The Morgan fingerprint density at radius 1 is 1.41 bits per heavy atom. The van der Waals surface area contributed by atoms with E-state index in [0.29, 0.717) is 24.3 Å². The first-order chi connectivity index (χ1) is 8.06. The molecule has 5 heteroatoms. The van der Waals surface area contributed by atoms with Crippen LogP contribution in [-0.4, -0.2) is 29.7 Å². The van der Waals surface area contributed by atoms with Gasteiger partial charge in [-0.3, -0.25) is 0 Å². The average Bonchev–Trinajstić information content (AvgIpc) is 2.27. The third-order valence-electron chi connectivity index (χ3n) is 2.64.